The smallest absolute Gasteiger partial charge is 0.295 e. The van der Waals surface area contributed by atoms with Crippen molar-refractivity contribution >= 4 is 16.5 Å². The van der Waals surface area contributed by atoms with E-state index >= 15 is 0 Å². The summed E-state index contributed by atoms with van der Waals surface area (Å²) in [5, 5.41) is 26.7. The number of nitro groups is 1. The molecule has 0 radical (unpaired) electrons. The quantitative estimate of drug-likeness (QED) is 0.444. The van der Waals surface area contributed by atoms with Gasteiger partial charge in [0, 0.05) is 23.1 Å². The van der Waals surface area contributed by atoms with Crippen LogP contribution in [0.5, 0.6) is 5.75 Å². The van der Waals surface area contributed by atoms with Crippen molar-refractivity contribution in [3.8, 4) is 22.7 Å². The summed E-state index contributed by atoms with van der Waals surface area (Å²) in [4.78, 5) is 23.8. The standard InChI is InChI=1S/C20H13N3O4/c24-14-10-11-17(23(26)27)18(12-14)22-20(25)16-9-5-4-8-15(16)19(21-22)13-6-2-1-3-7-13/h1-12,24H. The molecule has 27 heavy (non-hydrogen) atoms. The zero-order valence-electron chi connectivity index (χ0n) is 13.9. The van der Waals surface area contributed by atoms with Gasteiger partial charge in [0.25, 0.3) is 11.2 Å². The van der Waals surface area contributed by atoms with E-state index < -0.39 is 10.5 Å². The predicted molar refractivity (Wildman–Crippen MR) is 101 cm³/mol. The summed E-state index contributed by atoms with van der Waals surface area (Å²) in [5.41, 5.74) is 0.373. The van der Waals surface area contributed by atoms with Gasteiger partial charge in [0.1, 0.15) is 11.4 Å². The molecule has 0 spiro atoms. The van der Waals surface area contributed by atoms with Crippen molar-refractivity contribution in [3.05, 3.63) is 93.3 Å². The first-order valence-corrected chi connectivity index (χ1v) is 8.11. The minimum absolute atomic E-state index is 0.0899. The summed E-state index contributed by atoms with van der Waals surface area (Å²) in [5.74, 6) is -0.196. The van der Waals surface area contributed by atoms with Gasteiger partial charge in [-0.25, -0.2) is 0 Å². The summed E-state index contributed by atoms with van der Waals surface area (Å²) < 4.78 is 0.975. The lowest BCUT2D eigenvalue weighted by atomic mass is 10.1. The van der Waals surface area contributed by atoms with Gasteiger partial charge < -0.3 is 5.11 Å². The number of rotatable bonds is 3. The van der Waals surface area contributed by atoms with E-state index in [2.05, 4.69) is 5.10 Å². The van der Waals surface area contributed by atoms with Gasteiger partial charge in [-0.2, -0.15) is 9.78 Å². The van der Waals surface area contributed by atoms with Gasteiger partial charge in [-0.1, -0.05) is 48.5 Å². The van der Waals surface area contributed by atoms with Crippen molar-refractivity contribution in [3.63, 3.8) is 0 Å². The van der Waals surface area contributed by atoms with Crippen molar-refractivity contribution in [2.45, 2.75) is 0 Å². The van der Waals surface area contributed by atoms with Crippen LogP contribution >= 0.6 is 0 Å². The zero-order valence-corrected chi connectivity index (χ0v) is 13.9. The van der Waals surface area contributed by atoms with Crippen molar-refractivity contribution in [2.75, 3.05) is 0 Å². The Hall–Kier alpha value is -4.00. The van der Waals surface area contributed by atoms with Crippen LogP contribution in [0.2, 0.25) is 0 Å². The first kappa shape index (κ1) is 16.5. The molecular formula is C20H13N3O4. The van der Waals surface area contributed by atoms with Crippen LogP contribution in [-0.4, -0.2) is 19.8 Å². The molecule has 4 aromatic rings. The Morgan fingerprint density at radius 2 is 1.59 bits per heavy atom. The first-order chi connectivity index (χ1) is 13.1. The molecule has 1 aromatic heterocycles. The molecule has 0 fully saturated rings. The first-order valence-electron chi connectivity index (χ1n) is 8.11. The van der Waals surface area contributed by atoms with Crippen LogP contribution in [0, 0.1) is 10.1 Å². The van der Waals surface area contributed by atoms with Crippen LogP contribution in [0.25, 0.3) is 27.7 Å². The van der Waals surface area contributed by atoms with Gasteiger partial charge in [-0.05, 0) is 12.1 Å². The molecule has 0 atom stereocenters. The van der Waals surface area contributed by atoms with E-state index in [0.29, 0.717) is 16.5 Å². The van der Waals surface area contributed by atoms with E-state index in [0.717, 1.165) is 22.4 Å². The fourth-order valence-electron chi connectivity index (χ4n) is 3.00. The predicted octanol–water partition coefficient (Wildman–Crippen LogP) is 3.67. The summed E-state index contributed by atoms with van der Waals surface area (Å²) >= 11 is 0. The molecule has 1 heterocycles. The van der Waals surface area contributed by atoms with Crippen molar-refractivity contribution in [2.24, 2.45) is 0 Å². The maximum atomic E-state index is 13.0. The van der Waals surface area contributed by atoms with E-state index in [-0.39, 0.29) is 17.1 Å². The maximum absolute atomic E-state index is 13.0. The second-order valence-electron chi connectivity index (χ2n) is 5.91. The summed E-state index contributed by atoms with van der Waals surface area (Å²) in [6, 6.07) is 19.7. The number of benzene rings is 3. The lowest BCUT2D eigenvalue weighted by molar-refractivity contribution is -0.384. The number of hydrogen-bond donors (Lipinski definition) is 1. The van der Waals surface area contributed by atoms with Gasteiger partial charge >= 0.3 is 0 Å². The van der Waals surface area contributed by atoms with Crippen LogP contribution in [-0.2, 0) is 0 Å². The molecule has 0 aliphatic rings. The lowest BCUT2D eigenvalue weighted by Crippen LogP contribution is -2.23. The van der Waals surface area contributed by atoms with Gasteiger partial charge in [-0.15, -0.1) is 0 Å². The van der Waals surface area contributed by atoms with Gasteiger partial charge in [-0.3, -0.25) is 14.9 Å². The fraction of sp³-hybridized carbons (Fsp3) is 0. The molecule has 0 unspecified atom stereocenters. The fourth-order valence-corrected chi connectivity index (χ4v) is 3.00. The van der Waals surface area contributed by atoms with Gasteiger partial charge in [0.15, 0.2) is 0 Å². The Labute approximate surface area is 152 Å². The average Bonchev–Trinajstić information content (AvgIpc) is 2.69. The zero-order chi connectivity index (χ0) is 19.0. The molecule has 4 rings (SSSR count). The molecule has 0 saturated carbocycles. The summed E-state index contributed by atoms with van der Waals surface area (Å²) in [6.07, 6.45) is 0. The van der Waals surface area contributed by atoms with Crippen molar-refractivity contribution < 1.29 is 10.0 Å². The molecule has 1 N–H and O–H groups in total. The topological polar surface area (TPSA) is 98.3 Å². The third kappa shape index (κ3) is 2.81. The van der Waals surface area contributed by atoms with Crippen LogP contribution in [0.3, 0.4) is 0 Å². The molecule has 0 aliphatic heterocycles. The molecule has 7 nitrogen and oxygen atoms in total. The summed E-state index contributed by atoms with van der Waals surface area (Å²) in [6.45, 7) is 0. The molecule has 132 valence electrons. The third-order valence-corrected chi connectivity index (χ3v) is 4.24. The minimum atomic E-state index is -0.611. The van der Waals surface area contributed by atoms with Crippen LogP contribution in [0.1, 0.15) is 0 Å². The highest BCUT2D eigenvalue weighted by atomic mass is 16.6. The summed E-state index contributed by atoms with van der Waals surface area (Å²) in [7, 11) is 0. The SMILES string of the molecule is O=c1c2ccccc2c(-c2ccccc2)nn1-c1cc(O)ccc1[N+](=O)[O-]. The Morgan fingerprint density at radius 3 is 2.30 bits per heavy atom. The highest BCUT2D eigenvalue weighted by molar-refractivity contribution is 5.94. The van der Waals surface area contributed by atoms with E-state index in [1.807, 2.05) is 30.3 Å². The normalized spacial score (nSPS) is 10.8. The van der Waals surface area contributed by atoms with E-state index in [1.54, 1.807) is 24.3 Å². The van der Waals surface area contributed by atoms with Crippen LogP contribution in [0.4, 0.5) is 5.69 Å². The van der Waals surface area contributed by atoms with E-state index in [4.69, 9.17) is 0 Å². The Morgan fingerprint density at radius 1 is 0.926 bits per heavy atom. The van der Waals surface area contributed by atoms with Crippen molar-refractivity contribution in [1.29, 1.82) is 0 Å². The molecule has 0 amide bonds. The Balaban J connectivity index is 2.13. The van der Waals surface area contributed by atoms with Crippen LogP contribution < -0.4 is 5.56 Å². The molecule has 0 bridgehead atoms. The average molecular weight is 359 g/mol. The monoisotopic (exact) mass is 359 g/mol. The largest absolute Gasteiger partial charge is 0.508 e. The molecule has 0 aliphatic carbocycles. The number of nitro benzene ring substituents is 1. The van der Waals surface area contributed by atoms with Gasteiger partial charge in [0.2, 0.25) is 0 Å². The van der Waals surface area contributed by atoms with Gasteiger partial charge in [0.05, 0.1) is 16.0 Å². The third-order valence-electron chi connectivity index (χ3n) is 4.24. The number of aromatic nitrogens is 2. The number of nitrogens with zero attached hydrogens (tertiary/aromatic N) is 3. The second-order valence-corrected chi connectivity index (χ2v) is 5.91. The highest BCUT2D eigenvalue weighted by Crippen LogP contribution is 2.29. The molecule has 0 saturated heterocycles. The molecule has 7 heteroatoms. The number of phenols is 1. The highest BCUT2D eigenvalue weighted by Gasteiger charge is 2.21. The molecule has 3 aromatic carbocycles. The Kier molecular flexibility index (Phi) is 3.89. The maximum Gasteiger partial charge on any atom is 0.295 e. The lowest BCUT2D eigenvalue weighted by Gasteiger charge is -2.11. The van der Waals surface area contributed by atoms with Crippen molar-refractivity contribution in [1.82, 2.24) is 9.78 Å². The minimum Gasteiger partial charge on any atom is -0.508 e. The van der Waals surface area contributed by atoms with E-state index in [1.165, 1.54) is 6.07 Å². The van der Waals surface area contributed by atoms with Crippen LogP contribution in [0.15, 0.2) is 77.6 Å². The van der Waals surface area contributed by atoms with E-state index in [9.17, 15) is 20.0 Å². The number of aromatic hydroxyl groups is 1. The Bertz CT molecular complexity index is 1230. The molecular weight excluding hydrogens is 346 g/mol. The number of phenolic OH excluding ortho intramolecular Hbond substituents is 1. The number of hydrogen-bond acceptors (Lipinski definition) is 5. The second kappa shape index (κ2) is 6.38. The number of fused-ring (bicyclic) bond motifs is 1.